The molecule has 2 aliphatic heterocycles. The fourth-order valence-corrected chi connectivity index (χ4v) is 4.17. The van der Waals surface area contributed by atoms with E-state index in [0.717, 1.165) is 63.5 Å². The zero-order valence-corrected chi connectivity index (χ0v) is 16.5. The molecule has 0 aromatic carbocycles. The van der Waals surface area contributed by atoms with Crippen LogP contribution in [-0.2, 0) is 9.59 Å². The van der Waals surface area contributed by atoms with E-state index in [-0.39, 0.29) is 12.5 Å². The van der Waals surface area contributed by atoms with Crippen molar-refractivity contribution in [3.05, 3.63) is 22.4 Å². The summed E-state index contributed by atoms with van der Waals surface area (Å²) in [5, 5.41) is 25.7. The smallest absolute Gasteiger partial charge is 0.414 e. The zero-order valence-electron chi connectivity index (χ0n) is 15.7. The number of piperazine rings is 1. The van der Waals surface area contributed by atoms with Crippen LogP contribution < -0.4 is 0 Å². The Kier molecular flexibility index (Phi) is 8.84. The molecule has 156 valence electrons. The number of likely N-dealkylation sites (tertiary alicyclic amines) is 1. The molecule has 2 aliphatic rings. The van der Waals surface area contributed by atoms with Crippen LogP contribution in [-0.4, -0.2) is 106 Å². The van der Waals surface area contributed by atoms with Crippen molar-refractivity contribution in [2.24, 2.45) is 0 Å². The molecule has 2 saturated heterocycles. The number of aliphatic hydroxyl groups is 1. The van der Waals surface area contributed by atoms with E-state index in [4.69, 9.17) is 24.9 Å². The van der Waals surface area contributed by atoms with E-state index in [1.54, 1.807) is 0 Å². The molecule has 0 atom stereocenters. The van der Waals surface area contributed by atoms with Gasteiger partial charge in [-0.05, 0) is 24.3 Å². The van der Waals surface area contributed by atoms with Crippen LogP contribution in [0.15, 0.2) is 17.5 Å². The molecule has 28 heavy (non-hydrogen) atoms. The normalized spacial score (nSPS) is 19.0. The van der Waals surface area contributed by atoms with Crippen molar-refractivity contribution in [3.63, 3.8) is 0 Å². The van der Waals surface area contributed by atoms with Crippen molar-refractivity contribution in [1.29, 1.82) is 0 Å². The van der Waals surface area contributed by atoms with Gasteiger partial charge < -0.3 is 20.2 Å². The van der Waals surface area contributed by atoms with Gasteiger partial charge in [-0.25, -0.2) is 9.59 Å². The van der Waals surface area contributed by atoms with Crippen LogP contribution in [0.3, 0.4) is 0 Å². The highest BCUT2D eigenvalue weighted by Crippen LogP contribution is 2.21. The van der Waals surface area contributed by atoms with E-state index in [9.17, 15) is 4.79 Å². The number of amides is 1. The molecule has 3 heterocycles. The predicted octanol–water partition coefficient (Wildman–Crippen LogP) is 0.118. The van der Waals surface area contributed by atoms with E-state index in [1.165, 1.54) is 11.3 Å². The lowest BCUT2D eigenvalue weighted by atomic mass is 10.0. The van der Waals surface area contributed by atoms with Gasteiger partial charge in [-0.1, -0.05) is 6.07 Å². The molecule has 3 rings (SSSR count). The summed E-state index contributed by atoms with van der Waals surface area (Å²) in [6, 6.07) is 4.47. The Hall–Kier alpha value is -2.01. The first kappa shape index (κ1) is 22.3. The molecule has 0 radical (unpaired) electrons. The van der Waals surface area contributed by atoms with Crippen molar-refractivity contribution < 1.29 is 29.7 Å². The summed E-state index contributed by atoms with van der Waals surface area (Å²) in [5.41, 5.74) is 0. The maximum absolute atomic E-state index is 12.4. The number of aliphatic carboxylic acids is 2. The fourth-order valence-electron chi connectivity index (χ4n) is 3.48. The summed E-state index contributed by atoms with van der Waals surface area (Å²) in [6.45, 7) is 7.07. The van der Waals surface area contributed by atoms with Gasteiger partial charge in [-0.3, -0.25) is 14.6 Å². The van der Waals surface area contributed by atoms with E-state index < -0.39 is 11.9 Å². The van der Waals surface area contributed by atoms with Crippen LogP contribution in [0, 0.1) is 0 Å². The highest BCUT2D eigenvalue weighted by Gasteiger charge is 2.29. The van der Waals surface area contributed by atoms with E-state index in [2.05, 4.69) is 9.80 Å². The SMILES string of the molecule is O=C(O)C(=O)O.O=C(c1cccs1)N1CCC(N2CCN(CCO)CC2)CC1. The van der Waals surface area contributed by atoms with Crippen LogP contribution in [0.4, 0.5) is 0 Å². The Bertz CT molecular complexity index is 626. The van der Waals surface area contributed by atoms with Crippen molar-refractivity contribution in [2.45, 2.75) is 18.9 Å². The molecule has 0 saturated carbocycles. The van der Waals surface area contributed by atoms with Crippen LogP contribution in [0.2, 0.25) is 0 Å². The van der Waals surface area contributed by atoms with E-state index >= 15 is 0 Å². The van der Waals surface area contributed by atoms with Gasteiger partial charge in [0.05, 0.1) is 11.5 Å². The van der Waals surface area contributed by atoms with Crippen molar-refractivity contribution in [3.8, 4) is 0 Å². The summed E-state index contributed by atoms with van der Waals surface area (Å²) in [4.78, 5) is 38.3. The highest BCUT2D eigenvalue weighted by atomic mass is 32.1. The number of hydrogen-bond donors (Lipinski definition) is 3. The number of carbonyl (C=O) groups excluding carboxylic acids is 1. The quantitative estimate of drug-likeness (QED) is 0.595. The molecular formula is C18H27N3O6S. The number of thiophene rings is 1. The Balaban J connectivity index is 0.000000409. The first-order valence-corrected chi connectivity index (χ1v) is 10.2. The topological polar surface area (TPSA) is 122 Å². The van der Waals surface area contributed by atoms with Crippen LogP contribution >= 0.6 is 11.3 Å². The van der Waals surface area contributed by atoms with Gasteiger partial charge in [0.1, 0.15) is 0 Å². The number of piperidine rings is 1. The minimum atomic E-state index is -1.82. The Morgan fingerprint density at radius 1 is 1.00 bits per heavy atom. The number of carboxylic acids is 2. The number of carbonyl (C=O) groups is 3. The molecule has 1 aromatic rings. The van der Waals surface area contributed by atoms with Gasteiger partial charge in [0.15, 0.2) is 0 Å². The fraction of sp³-hybridized carbons (Fsp3) is 0.611. The standard InChI is InChI=1S/C16H25N3O2S.C2H2O4/c20-12-11-17-7-9-18(10-8-17)14-3-5-19(6-4-14)16(21)15-2-1-13-22-15;3-1(4)2(5)6/h1-2,13-14,20H,3-12H2;(H,3,4)(H,5,6). The van der Waals surface area contributed by atoms with Crippen LogP contribution in [0.5, 0.6) is 0 Å². The third-order valence-electron chi connectivity index (χ3n) is 5.01. The maximum Gasteiger partial charge on any atom is 0.414 e. The molecule has 1 amide bonds. The predicted molar refractivity (Wildman–Crippen MR) is 104 cm³/mol. The second-order valence-corrected chi connectivity index (χ2v) is 7.66. The number of β-amino-alcohol motifs (C(OH)–C–C–N with tert-alkyl or cyclic N) is 1. The maximum atomic E-state index is 12.4. The highest BCUT2D eigenvalue weighted by molar-refractivity contribution is 7.12. The molecule has 0 bridgehead atoms. The Morgan fingerprint density at radius 3 is 2.07 bits per heavy atom. The summed E-state index contributed by atoms with van der Waals surface area (Å²) in [5.74, 6) is -3.45. The van der Waals surface area contributed by atoms with Crippen molar-refractivity contribution in [2.75, 3.05) is 52.4 Å². The molecule has 0 spiro atoms. The summed E-state index contributed by atoms with van der Waals surface area (Å²) < 4.78 is 0. The monoisotopic (exact) mass is 413 g/mol. The van der Waals surface area contributed by atoms with Gasteiger partial charge in [0.25, 0.3) is 5.91 Å². The van der Waals surface area contributed by atoms with E-state index in [0.29, 0.717) is 6.04 Å². The molecule has 1 aromatic heterocycles. The minimum Gasteiger partial charge on any atom is -0.473 e. The lowest BCUT2D eigenvalue weighted by Crippen LogP contribution is -2.54. The number of nitrogens with zero attached hydrogens (tertiary/aromatic N) is 3. The molecule has 3 N–H and O–H groups in total. The summed E-state index contributed by atoms with van der Waals surface area (Å²) >= 11 is 1.53. The number of carboxylic acid groups (broad SMARTS) is 2. The van der Waals surface area contributed by atoms with Crippen LogP contribution in [0.1, 0.15) is 22.5 Å². The average Bonchev–Trinajstić information content (AvgIpc) is 3.24. The van der Waals surface area contributed by atoms with Gasteiger partial charge in [-0.2, -0.15) is 0 Å². The van der Waals surface area contributed by atoms with Crippen molar-refractivity contribution in [1.82, 2.24) is 14.7 Å². The largest absolute Gasteiger partial charge is 0.473 e. The lowest BCUT2D eigenvalue weighted by Gasteiger charge is -2.42. The molecule has 2 fully saturated rings. The van der Waals surface area contributed by atoms with Gasteiger partial charge in [-0.15, -0.1) is 11.3 Å². The second kappa shape index (κ2) is 11.1. The van der Waals surface area contributed by atoms with Gasteiger partial charge >= 0.3 is 11.9 Å². The minimum absolute atomic E-state index is 0.196. The molecule has 10 heteroatoms. The summed E-state index contributed by atoms with van der Waals surface area (Å²) in [7, 11) is 0. The van der Waals surface area contributed by atoms with Gasteiger partial charge in [0, 0.05) is 51.9 Å². The molecular weight excluding hydrogens is 386 g/mol. The van der Waals surface area contributed by atoms with E-state index in [1.807, 2.05) is 22.4 Å². The third-order valence-corrected chi connectivity index (χ3v) is 5.86. The first-order chi connectivity index (χ1) is 13.4. The molecule has 0 aliphatic carbocycles. The zero-order chi connectivity index (χ0) is 20.5. The number of aliphatic hydroxyl groups excluding tert-OH is 1. The number of rotatable bonds is 4. The summed E-state index contributed by atoms with van der Waals surface area (Å²) in [6.07, 6.45) is 2.16. The Labute approximate surface area is 167 Å². The van der Waals surface area contributed by atoms with Gasteiger partial charge in [0.2, 0.25) is 0 Å². The van der Waals surface area contributed by atoms with Crippen molar-refractivity contribution >= 4 is 29.2 Å². The number of hydrogen-bond acceptors (Lipinski definition) is 7. The molecule has 9 nitrogen and oxygen atoms in total. The average molecular weight is 413 g/mol. The molecule has 0 unspecified atom stereocenters. The Morgan fingerprint density at radius 2 is 1.61 bits per heavy atom. The van der Waals surface area contributed by atoms with Crippen LogP contribution in [0.25, 0.3) is 0 Å². The third kappa shape index (κ3) is 6.55. The first-order valence-electron chi connectivity index (χ1n) is 9.28. The lowest BCUT2D eigenvalue weighted by molar-refractivity contribution is -0.159. The second-order valence-electron chi connectivity index (χ2n) is 6.71.